The van der Waals surface area contributed by atoms with Crippen molar-refractivity contribution in [3.63, 3.8) is 0 Å². The Morgan fingerprint density at radius 1 is 0.914 bits per heavy atom. The molecule has 0 saturated carbocycles. The van der Waals surface area contributed by atoms with E-state index in [1.165, 1.54) is 17.5 Å². The van der Waals surface area contributed by atoms with Crippen LogP contribution in [0.3, 0.4) is 0 Å². The average Bonchev–Trinajstić information content (AvgIpc) is 3.46. The highest BCUT2D eigenvalue weighted by Gasteiger charge is 2.50. The molecular weight excluding hydrogens is 446 g/mol. The van der Waals surface area contributed by atoms with Gasteiger partial charge in [-0.25, -0.2) is 9.59 Å². The van der Waals surface area contributed by atoms with E-state index in [0.29, 0.717) is 24.3 Å². The molecule has 1 spiro atoms. The summed E-state index contributed by atoms with van der Waals surface area (Å²) in [6.07, 6.45) is 3.76. The van der Waals surface area contributed by atoms with Crippen LogP contribution in [0.2, 0.25) is 0 Å². The van der Waals surface area contributed by atoms with Crippen molar-refractivity contribution in [1.29, 1.82) is 0 Å². The molecule has 5 aliphatic heterocycles. The van der Waals surface area contributed by atoms with Gasteiger partial charge in [0.2, 0.25) is 5.91 Å². The van der Waals surface area contributed by atoms with E-state index < -0.39 is 0 Å². The van der Waals surface area contributed by atoms with Gasteiger partial charge in [0.15, 0.2) is 0 Å². The van der Waals surface area contributed by atoms with E-state index in [9.17, 15) is 14.4 Å². The van der Waals surface area contributed by atoms with Crippen molar-refractivity contribution < 1.29 is 23.9 Å². The van der Waals surface area contributed by atoms with Crippen LogP contribution in [0.15, 0.2) is 23.4 Å². The Morgan fingerprint density at radius 3 is 2.29 bits per heavy atom. The Bertz CT molecular complexity index is 1130. The van der Waals surface area contributed by atoms with Crippen LogP contribution in [0.4, 0.5) is 0 Å². The third-order valence-electron chi connectivity index (χ3n) is 9.06. The maximum absolute atomic E-state index is 13.5. The second kappa shape index (κ2) is 8.45. The summed E-state index contributed by atoms with van der Waals surface area (Å²) in [5, 5.41) is 0. The Kier molecular flexibility index (Phi) is 5.49. The Hall–Kier alpha value is -2.71. The van der Waals surface area contributed by atoms with Gasteiger partial charge in [-0.3, -0.25) is 9.69 Å². The molecule has 0 aromatic heterocycles. The first-order valence-corrected chi connectivity index (χ1v) is 12.8. The number of carbonyl (C=O) groups excluding carboxylic acids is 3. The lowest BCUT2D eigenvalue weighted by atomic mass is 9.77. The maximum Gasteiger partial charge on any atom is 0.338 e. The van der Waals surface area contributed by atoms with Crippen molar-refractivity contribution in [1.82, 2.24) is 14.7 Å². The summed E-state index contributed by atoms with van der Waals surface area (Å²) in [5.41, 5.74) is 5.22. The fraction of sp³-hybridized carbons (Fsp3) is 0.593. The minimum absolute atomic E-state index is 0.170. The molecule has 6 rings (SSSR count). The molecule has 1 atom stereocenters. The lowest BCUT2D eigenvalue weighted by Gasteiger charge is -2.44. The molecule has 0 N–H and O–H groups in total. The summed E-state index contributed by atoms with van der Waals surface area (Å²) in [6, 6.07) is 4.34. The lowest BCUT2D eigenvalue weighted by molar-refractivity contribution is -0.138. The molecule has 0 radical (unpaired) electrons. The fourth-order valence-electron chi connectivity index (χ4n) is 6.49. The number of nitrogens with zero attached hydrogens (tertiary/aromatic N) is 3. The lowest BCUT2D eigenvalue weighted by Crippen LogP contribution is -2.49. The number of rotatable bonds is 5. The molecule has 1 amide bonds. The minimum atomic E-state index is -0.317. The number of benzene rings is 1. The van der Waals surface area contributed by atoms with E-state index in [-0.39, 0.29) is 35.9 Å². The third-order valence-corrected chi connectivity index (χ3v) is 9.06. The average molecular weight is 480 g/mol. The minimum Gasteiger partial charge on any atom is -0.457 e. The number of carbonyl (C=O) groups is 3. The Morgan fingerprint density at radius 2 is 1.63 bits per heavy atom. The summed E-state index contributed by atoms with van der Waals surface area (Å²) in [7, 11) is 0. The molecule has 1 aromatic carbocycles. The first kappa shape index (κ1) is 22.7. The van der Waals surface area contributed by atoms with Gasteiger partial charge in [0, 0.05) is 37.8 Å². The number of esters is 2. The maximum atomic E-state index is 13.5. The molecule has 1 unspecified atom stereocenters. The van der Waals surface area contributed by atoms with Gasteiger partial charge in [0.25, 0.3) is 0 Å². The van der Waals surface area contributed by atoms with Crippen molar-refractivity contribution in [2.75, 3.05) is 45.9 Å². The predicted octanol–water partition coefficient (Wildman–Crippen LogP) is 2.56. The van der Waals surface area contributed by atoms with E-state index in [1.807, 2.05) is 11.0 Å². The molecule has 3 fully saturated rings. The van der Waals surface area contributed by atoms with E-state index in [1.54, 1.807) is 6.92 Å². The number of hydrogen-bond donors (Lipinski definition) is 0. The summed E-state index contributed by atoms with van der Waals surface area (Å²) in [6.45, 7) is 10.0. The highest BCUT2D eigenvalue weighted by Crippen LogP contribution is 2.44. The molecule has 8 heteroatoms. The topological polar surface area (TPSA) is 79.4 Å². The highest BCUT2D eigenvalue weighted by atomic mass is 16.5. The van der Waals surface area contributed by atoms with Gasteiger partial charge in [-0.1, -0.05) is 6.07 Å². The van der Waals surface area contributed by atoms with Crippen LogP contribution in [0.1, 0.15) is 65.7 Å². The van der Waals surface area contributed by atoms with E-state index in [4.69, 9.17) is 9.47 Å². The Balaban J connectivity index is 1.16. The van der Waals surface area contributed by atoms with Crippen LogP contribution >= 0.6 is 0 Å². The largest absolute Gasteiger partial charge is 0.457 e. The summed E-state index contributed by atoms with van der Waals surface area (Å²) >= 11 is 0. The number of cyclic esters (lactones) is 2. The number of hydrogen-bond acceptors (Lipinski definition) is 7. The number of amides is 1. The van der Waals surface area contributed by atoms with E-state index >= 15 is 0 Å². The van der Waals surface area contributed by atoms with Gasteiger partial charge in [-0.2, -0.15) is 0 Å². The third kappa shape index (κ3) is 3.61. The van der Waals surface area contributed by atoms with Gasteiger partial charge in [0.1, 0.15) is 13.2 Å². The number of piperidine rings is 1. The van der Waals surface area contributed by atoms with Gasteiger partial charge in [-0.05, 0) is 69.8 Å². The normalized spacial score (nSPS) is 25.2. The molecule has 35 heavy (non-hydrogen) atoms. The number of fused-ring (bicyclic) bond motifs is 1. The zero-order valence-corrected chi connectivity index (χ0v) is 20.6. The Labute approximate surface area is 205 Å². The molecule has 3 saturated heterocycles. The second-order valence-corrected chi connectivity index (χ2v) is 10.7. The van der Waals surface area contributed by atoms with Gasteiger partial charge in [-0.15, -0.1) is 0 Å². The second-order valence-electron chi connectivity index (χ2n) is 10.7. The van der Waals surface area contributed by atoms with Crippen molar-refractivity contribution in [2.45, 2.75) is 52.2 Å². The molecule has 0 bridgehead atoms. The first-order chi connectivity index (χ1) is 16.9. The van der Waals surface area contributed by atoms with Gasteiger partial charge in [0.05, 0.1) is 22.2 Å². The van der Waals surface area contributed by atoms with Crippen molar-refractivity contribution in [3.05, 3.63) is 45.7 Å². The zero-order chi connectivity index (χ0) is 24.3. The smallest absolute Gasteiger partial charge is 0.338 e. The monoisotopic (exact) mass is 479 g/mol. The summed E-state index contributed by atoms with van der Waals surface area (Å²) < 4.78 is 10.4. The molecule has 1 aromatic rings. The van der Waals surface area contributed by atoms with Crippen LogP contribution in [-0.4, -0.2) is 78.4 Å². The van der Waals surface area contributed by atoms with Crippen LogP contribution in [0.5, 0.6) is 0 Å². The molecule has 5 heterocycles. The van der Waals surface area contributed by atoms with Crippen LogP contribution < -0.4 is 0 Å². The van der Waals surface area contributed by atoms with Gasteiger partial charge >= 0.3 is 11.9 Å². The molecular formula is C27H33N3O5. The predicted molar refractivity (Wildman–Crippen MR) is 127 cm³/mol. The molecule has 8 nitrogen and oxygen atoms in total. The van der Waals surface area contributed by atoms with Crippen LogP contribution in [0.25, 0.3) is 0 Å². The molecule has 186 valence electrons. The van der Waals surface area contributed by atoms with E-state index in [0.717, 1.165) is 63.2 Å². The van der Waals surface area contributed by atoms with Crippen LogP contribution in [0, 0.1) is 12.3 Å². The zero-order valence-electron chi connectivity index (χ0n) is 20.6. The SMILES string of the molecule is CC1=C(N2CCC3(CCN(CC(c4ccc5c(c4C)COC5=O)N4CCC4)CC3)C2=O)COC1=O. The van der Waals surface area contributed by atoms with Crippen LogP contribution in [-0.2, 0) is 25.7 Å². The standard InChI is InChI=1S/C27H33N3O5/c1-17-19(4-5-20-21(17)15-34-25(20)32)22(29-9-3-10-29)14-28-11-6-27(7-12-28)8-13-30(26(27)33)23-16-35-24(31)18(23)2/h4-5,22H,3,6-16H2,1-2H3. The first-order valence-electron chi connectivity index (χ1n) is 12.8. The number of likely N-dealkylation sites (tertiary alicyclic amines) is 3. The van der Waals surface area contributed by atoms with Crippen molar-refractivity contribution in [3.8, 4) is 0 Å². The highest BCUT2D eigenvalue weighted by molar-refractivity contribution is 5.94. The summed E-state index contributed by atoms with van der Waals surface area (Å²) in [5.74, 6) is -0.354. The molecule has 0 aliphatic carbocycles. The number of ether oxygens (including phenoxy) is 2. The van der Waals surface area contributed by atoms with E-state index in [2.05, 4.69) is 22.8 Å². The molecule has 5 aliphatic rings. The summed E-state index contributed by atoms with van der Waals surface area (Å²) in [4.78, 5) is 44.2. The van der Waals surface area contributed by atoms with Crippen molar-refractivity contribution >= 4 is 17.8 Å². The van der Waals surface area contributed by atoms with Gasteiger partial charge < -0.3 is 19.3 Å². The van der Waals surface area contributed by atoms with Crippen molar-refractivity contribution in [2.24, 2.45) is 5.41 Å². The quantitative estimate of drug-likeness (QED) is 0.601. The fourth-order valence-corrected chi connectivity index (χ4v) is 6.49.